The number of aromatic nitrogens is 2. The fourth-order valence-electron chi connectivity index (χ4n) is 1.63. The number of ether oxygens (including phenoxy) is 1. The van der Waals surface area contributed by atoms with Crippen molar-refractivity contribution >= 4 is 22.9 Å². The van der Waals surface area contributed by atoms with Crippen molar-refractivity contribution in [3.05, 3.63) is 33.8 Å². The summed E-state index contributed by atoms with van der Waals surface area (Å²) in [4.78, 5) is 0. The number of benzene rings is 1. The molecule has 108 valence electrons. The summed E-state index contributed by atoms with van der Waals surface area (Å²) in [5, 5.41) is 13.7. The lowest BCUT2D eigenvalue weighted by atomic mass is 10.2. The number of aryl methyl sites for hydroxylation is 1. The topological polar surface area (TPSA) is 47.0 Å². The Morgan fingerprint density at radius 1 is 1.35 bits per heavy atom. The molecule has 0 amide bonds. The molecular formula is C14H18ClN3OS. The van der Waals surface area contributed by atoms with E-state index in [9.17, 15) is 0 Å². The SMILES string of the molecule is CCc1cc(Oc2nnc(CNC(C)C)s2)ccc1Cl. The Labute approximate surface area is 128 Å². The van der Waals surface area contributed by atoms with Crippen molar-refractivity contribution in [1.82, 2.24) is 15.5 Å². The van der Waals surface area contributed by atoms with Gasteiger partial charge in [0.15, 0.2) is 0 Å². The summed E-state index contributed by atoms with van der Waals surface area (Å²) in [6, 6.07) is 6.05. The summed E-state index contributed by atoms with van der Waals surface area (Å²) < 4.78 is 5.72. The summed E-state index contributed by atoms with van der Waals surface area (Å²) in [5.41, 5.74) is 1.07. The average Bonchev–Trinajstić information content (AvgIpc) is 2.86. The molecule has 0 spiro atoms. The van der Waals surface area contributed by atoms with E-state index in [1.807, 2.05) is 18.2 Å². The van der Waals surface area contributed by atoms with Crippen LogP contribution in [0.15, 0.2) is 18.2 Å². The van der Waals surface area contributed by atoms with E-state index >= 15 is 0 Å². The van der Waals surface area contributed by atoms with E-state index in [1.165, 1.54) is 11.3 Å². The minimum absolute atomic E-state index is 0.423. The van der Waals surface area contributed by atoms with Gasteiger partial charge in [-0.25, -0.2) is 0 Å². The van der Waals surface area contributed by atoms with Gasteiger partial charge in [0.1, 0.15) is 10.8 Å². The average molecular weight is 312 g/mol. The van der Waals surface area contributed by atoms with Crippen LogP contribution in [0.3, 0.4) is 0 Å². The first-order valence-corrected chi connectivity index (χ1v) is 7.80. The van der Waals surface area contributed by atoms with Crippen LogP contribution in [0.2, 0.25) is 5.02 Å². The fraction of sp³-hybridized carbons (Fsp3) is 0.429. The maximum absolute atomic E-state index is 6.09. The van der Waals surface area contributed by atoms with Crippen LogP contribution in [0, 0.1) is 0 Å². The van der Waals surface area contributed by atoms with Crippen molar-refractivity contribution in [2.45, 2.75) is 39.8 Å². The first kappa shape index (κ1) is 15.2. The minimum atomic E-state index is 0.423. The summed E-state index contributed by atoms with van der Waals surface area (Å²) in [5.74, 6) is 0.741. The van der Waals surface area contributed by atoms with Crippen LogP contribution in [-0.2, 0) is 13.0 Å². The van der Waals surface area contributed by atoms with Gasteiger partial charge in [-0.2, -0.15) is 0 Å². The third-order valence-electron chi connectivity index (χ3n) is 2.71. The molecule has 0 saturated heterocycles. The maximum atomic E-state index is 6.09. The smallest absolute Gasteiger partial charge is 0.299 e. The third-order valence-corrected chi connectivity index (χ3v) is 3.88. The van der Waals surface area contributed by atoms with E-state index in [4.69, 9.17) is 16.3 Å². The van der Waals surface area contributed by atoms with Crippen molar-refractivity contribution in [2.24, 2.45) is 0 Å². The molecule has 1 heterocycles. The minimum Gasteiger partial charge on any atom is -0.430 e. The highest BCUT2D eigenvalue weighted by Gasteiger charge is 2.08. The molecule has 6 heteroatoms. The van der Waals surface area contributed by atoms with Gasteiger partial charge in [0, 0.05) is 11.1 Å². The van der Waals surface area contributed by atoms with Gasteiger partial charge in [-0.15, -0.1) is 5.10 Å². The number of hydrogen-bond donors (Lipinski definition) is 1. The highest BCUT2D eigenvalue weighted by atomic mass is 35.5. The zero-order valence-electron chi connectivity index (χ0n) is 11.8. The van der Waals surface area contributed by atoms with Crippen molar-refractivity contribution in [1.29, 1.82) is 0 Å². The number of hydrogen-bond acceptors (Lipinski definition) is 5. The molecule has 0 atom stereocenters. The number of halogens is 1. The van der Waals surface area contributed by atoms with Crippen LogP contribution in [0.1, 0.15) is 31.3 Å². The second-order valence-electron chi connectivity index (χ2n) is 4.71. The van der Waals surface area contributed by atoms with Crippen LogP contribution in [0.25, 0.3) is 0 Å². The molecule has 0 radical (unpaired) electrons. The quantitative estimate of drug-likeness (QED) is 0.874. The molecule has 1 N–H and O–H groups in total. The van der Waals surface area contributed by atoms with E-state index < -0.39 is 0 Å². The molecule has 20 heavy (non-hydrogen) atoms. The summed E-state index contributed by atoms with van der Waals surface area (Å²) >= 11 is 7.53. The lowest BCUT2D eigenvalue weighted by molar-refractivity contribution is 0.472. The molecule has 0 unspecified atom stereocenters. The highest BCUT2D eigenvalue weighted by Crippen LogP contribution is 2.28. The van der Waals surface area contributed by atoms with Crippen LogP contribution in [-0.4, -0.2) is 16.2 Å². The Balaban J connectivity index is 2.03. The van der Waals surface area contributed by atoms with Gasteiger partial charge < -0.3 is 10.1 Å². The van der Waals surface area contributed by atoms with Gasteiger partial charge in [0.25, 0.3) is 5.19 Å². The van der Waals surface area contributed by atoms with E-state index in [1.54, 1.807) is 0 Å². The normalized spacial score (nSPS) is 11.1. The molecule has 0 saturated carbocycles. The first-order chi connectivity index (χ1) is 9.58. The molecule has 0 aliphatic heterocycles. The molecule has 0 aliphatic carbocycles. The van der Waals surface area contributed by atoms with Crippen molar-refractivity contribution < 1.29 is 4.74 Å². The molecule has 2 rings (SSSR count). The standard InChI is InChI=1S/C14H18ClN3OS/c1-4-10-7-11(5-6-12(10)15)19-14-18-17-13(20-14)8-16-9(2)3/h5-7,9,16H,4,8H2,1-3H3. The van der Waals surface area contributed by atoms with Gasteiger partial charge in [0.05, 0.1) is 6.54 Å². The molecule has 4 nitrogen and oxygen atoms in total. The van der Waals surface area contributed by atoms with Crippen LogP contribution < -0.4 is 10.1 Å². The Bertz CT molecular complexity index is 571. The van der Waals surface area contributed by atoms with Gasteiger partial charge in [-0.3, -0.25) is 0 Å². The number of rotatable bonds is 6. The Kier molecular flexibility index (Phi) is 5.34. The molecule has 1 aromatic carbocycles. The van der Waals surface area contributed by atoms with Crippen LogP contribution in [0.4, 0.5) is 0 Å². The molecule has 0 aliphatic rings. The maximum Gasteiger partial charge on any atom is 0.299 e. The lowest BCUT2D eigenvalue weighted by Gasteiger charge is -2.05. The monoisotopic (exact) mass is 311 g/mol. The van der Waals surface area contributed by atoms with E-state index in [0.717, 1.165) is 27.8 Å². The second kappa shape index (κ2) is 7.02. The summed E-state index contributed by atoms with van der Waals surface area (Å²) in [6.07, 6.45) is 0.871. The molecule has 0 bridgehead atoms. The number of nitrogens with one attached hydrogen (secondary N) is 1. The van der Waals surface area contributed by atoms with Gasteiger partial charge in [0.2, 0.25) is 0 Å². The summed E-state index contributed by atoms with van der Waals surface area (Å²) in [7, 11) is 0. The van der Waals surface area contributed by atoms with Crippen molar-refractivity contribution in [2.75, 3.05) is 0 Å². The van der Waals surface area contributed by atoms with E-state index in [0.29, 0.717) is 17.8 Å². The lowest BCUT2D eigenvalue weighted by Crippen LogP contribution is -2.21. The van der Waals surface area contributed by atoms with Gasteiger partial charge >= 0.3 is 0 Å². The van der Waals surface area contributed by atoms with E-state index in [-0.39, 0.29) is 0 Å². The zero-order chi connectivity index (χ0) is 14.5. The fourth-order valence-corrected chi connectivity index (χ4v) is 2.54. The predicted molar refractivity (Wildman–Crippen MR) is 82.8 cm³/mol. The third kappa shape index (κ3) is 4.16. The molecule has 2 aromatic rings. The number of nitrogens with zero attached hydrogens (tertiary/aromatic N) is 2. The Hall–Kier alpha value is -1.17. The van der Waals surface area contributed by atoms with Gasteiger partial charge in [-0.1, -0.05) is 48.8 Å². The van der Waals surface area contributed by atoms with Crippen LogP contribution >= 0.6 is 22.9 Å². The molecule has 0 fully saturated rings. The van der Waals surface area contributed by atoms with Crippen molar-refractivity contribution in [3.63, 3.8) is 0 Å². The zero-order valence-corrected chi connectivity index (χ0v) is 13.4. The van der Waals surface area contributed by atoms with Gasteiger partial charge in [-0.05, 0) is 30.2 Å². The van der Waals surface area contributed by atoms with E-state index in [2.05, 4.69) is 36.3 Å². The van der Waals surface area contributed by atoms with Crippen LogP contribution in [0.5, 0.6) is 10.9 Å². The predicted octanol–water partition coefficient (Wildman–Crippen LogP) is 4.04. The second-order valence-corrected chi connectivity index (χ2v) is 6.14. The van der Waals surface area contributed by atoms with Crippen molar-refractivity contribution in [3.8, 4) is 10.9 Å². The Morgan fingerprint density at radius 2 is 2.15 bits per heavy atom. The summed E-state index contributed by atoms with van der Waals surface area (Å²) in [6.45, 7) is 6.96. The molecule has 1 aromatic heterocycles. The first-order valence-electron chi connectivity index (χ1n) is 6.60. The highest BCUT2D eigenvalue weighted by molar-refractivity contribution is 7.13. The molecular weight excluding hydrogens is 294 g/mol. The largest absolute Gasteiger partial charge is 0.430 e. The Morgan fingerprint density at radius 3 is 2.85 bits per heavy atom.